The SMILES string of the molecule is C[C@H](c1cc2ccccc2o1)N(C)S(=O)(=O)c1ccccc1Br. The van der Waals surface area contributed by atoms with Gasteiger partial charge in [-0.3, -0.25) is 0 Å². The Morgan fingerprint density at radius 2 is 1.74 bits per heavy atom. The number of halogens is 1. The second-order valence-corrected chi connectivity index (χ2v) is 8.13. The van der Waals surface area contributed by atoms with Crippen molar-refractivity contribution in [1.82, 2.24) is 4.31 Å². The van der Waals surface area contributed by atoms with E-state index in [9.17, 15) is 8.42 Å². The van der Waals surface area contributed by atoms with Gasteiger partial charge < -0.3 is 4.42 Å². The maximum atomic E-state index is 12.8. The van der Waals surface area contributed by atoms with Gasteiger partial charge in [0.1, 0.15) is 11.3 Å². The Morgan fingerprint density at radius 3 is 2.43 bits per heavy atom. The summed E-state index contributed by atoms with van der Waals surface area (Å²) >= 11 is 3.30. The molecule has 0 aliphatic heterocycles. The van der Waals surface area contributed by atoms with Crippen molar-refractivity contribution >= 4 is 36.9 Å². The number of fused-ring (bicyclic) bond motifs is 1. The van der Waals surface area contributed by atoms with Gasteiger partial charge in [-0.15, -0.1) is 0 Å². The third kappa shape index (κ3) is 2.94. The van der Waals surface area contributed by atoms with Crippen LogP contribution in [0.2, 0.25) is 0 Å². The minimum absolute atomic E-state index is 0.241. The number of sulfonamides is 1. The Bertz CT molecular complexity index is 916. The van der Waals surface area contributed by atoms with Crippen molar-refractivity contribution in [3.63, 3.8) is 0 Å². The van der Waals surface area contributed by atoms with Crippen molar-refractivity contribution in [2.24, 2.45) is 0 Å². The molecule has 0 unspecified atom stereocenters. The Balaban J connectivity index is 1.98. The molecule has 1 heterocycles. The minimum atomic E-state index is -3.63. The largest absolute Gasteiger partial charge is 0.459 e. The zero-order valence-electron chi connectivity index (χ0n) is 12.7. The summed E-state index contributed by atoms with van der Waals surface area (Å²) in [7, 11) is -2.07. The predicted molar refractivity (Wildman–Crippen MR) is 93.7 cm³/mol. The molecule has 3 aromatic rings. The molecule has 0 saturated heterocycles. The molecular formula is C17H16BrNO3S. The average molecular weight is 394 g/mol. The summed E-state index contributed by atoms with van der Waals surface area (Å²) in [5, 5.41) is 0.959. The Kier molecular flexibility index (Phi) is 4.31. The van der Waals surface area contributed by atoms with Gasteiger partial charge in [-0.05, 0) is 47.1 Å². The van der Waals surface area contributed by atoms with Gasteiger partial charge in [-0.2, -0.15) is 4.31 Å². The van der Waals surface area contributed by atoms with E-state index in [-0.39, 0.29) is 4.90 Å². The summed E-state index contributed by atoms with van der Waals surface area (Å²) < 4.78 is 33.3. The highest BCUT2D eigenvalue weighted by atomic mass is 79.9. The molecule has 0 fully saturated rings. The lowest BCUT2D eigenvalue weighted by Gasteiger charge is -2.23. The number of hydrogen-bond donors (Lipinski definition) is 0. The lowest BCUT2D eigenvalue weighted by Crippen LogP contribution is -2.29. The van der Waals surface area contributed by atoms with Crippen molar-refractivity contribution in [3.05, 3.63) is 64.8 Å². The second-order valence-electron chi connectivity index (χ2n) is 5.31. The molecule has 0 aliphatic rings. The van der Waals surface area contributed by atoms with Gasteiger partial charge in [0.25, 0.3) is 0 Å². The van der Waals surface area contributed by atoms with Crippen LogP contribution in [0.5, 0.6) is 0 Å². The van der Waals surface area contributed by atoms with E-state index in [0.29, 0.717) is 10.2 Å². The molecule has 6 heteroatoms. The first-order chi connectivity index (χ1) is 10.9. The smallest absolute Gasteiger partial charge is 0.244 e. The van der Waals surface area contributed by atoms with Crippen molar-refractivity contribution in [3.8, 4) is 0 Å². The highest BCUT2D eigenvalue weighted by Crippen LogP contribution is 2.32. The molecule has 0 bridgehead atoms. The third-order valence-corrected chi connectivity index (χ3v) is 6.84. The fourth-order valence-corrected chi connectivity index (χ4v) is 4.70. The Labute approximate surface area is 143 Å². The molecule has 1 aromatic heterocycles. The van der Waals surface area contributed by atoms with Gasteiger partial charge in [0, 0.05) is 16.9 Å². The van der Waals surface area contributed by atoms with E-state index >= 15 is 0 Å². The van der Waals surface area contributed by atoms with Crippen LogP contribution in [0.15, 0.2) is 68.4 Å². The summed E-state index contributed by atoms with van der Waals surface area (Å²) in [6.45, 7) is 1.81. The van der Waals surface area contributed by atoms with Crippen LogP contribution in [0.1, 0.15) is 18.7 Å². The lowest BCUT2D eigenvalue weighted by atomic mass is 10.2. The van der Waals surface area contributed by atoms with Gasteiger partial charge in [0.2, 0.25) is 10.0 Å². The number of furan rings is 1. The third-order valence-electron chi connectivity index (χ3n) is 3.90. The Morgan fingerprint density at radius 1 is 1.09 bits per heavy atom. The number of benzene rings is 2. The van der Waals surface area contributed by atoms with Crippen molar-refractivity contribution in [2.45, 2.75) is 17.9 Å². The van der Waals surface area contributed by atoms with E-state index < -0.39 is 16.1 Å². The van der Waals surface area contributed by atoms with Crippen LogP contribution in [-0.2, 0) is 10.0 Å². The molecule has 3 rings (SSSR count). The molecule has 120 valence electrons. The molecule has 0 radical (unpaired) electrons. The molecule has 0 spiro atoms. The van der Waals surface area contributed by atoms with E-state index in [1.165, 1.54) is 4.31 Å². The fourth-order valence-electron chi connectivity index (χ4n) is 2.40. The first kappa shape index (κ1) is 16.2. The summed E-state index contributed by atoms with van der Waals surface area (Å²) in [6.07, 6.45) is 0. The van der Waals surface area contributed by atoms with Gasteiger partial charge in [0.05, 0.1) is 10.9 Å². The summed E-state index contributed by atoms with van der Waals surface area (Å²) in [5.74, 6) is 0.615. The maximum Gasteiger partial charge on any atom is 0.244 e. The monoisotopic (exact) mass is 393 g/mol. The number of nitrogens with zero attached hydrogens (tertiary/aromatic N) is 1. The predicted octanol–water partition coefficient (Wildman–Crippen LogP) is 4.58. The standard InChI is InChI=1S/C17H16BrNO3S/c1-12(16-11-13-7-3-5-9-15(13)22-16)19(2)23(20,21)17-10-6-4-8-14(17)18/h3-12H,1-2H3/t12-/m1/s1. The topological polar surface area (TPSA) is 50.5 Å². The minimum Gasteiger partial charge on any atom is -0.459 e. The van der Waals surface area contributed by atoms with Gasteiger partial charge in [-0.1, -0.05) is 30.3 Å². The first-order valence-electron chi connectivity index (χ1n) is 7.12. The van der Waals surface area contributed by atoms with E-state index in [0.717, 1.165) is 11.0 Å². The van der Waals surface area contributed by atoms with Crippen molar-refractivity contribution < 1.29 is 12.8 Å². The molecular weight excluding hydrogens is 378 g/mol. The van der Waals surface area contributed by atoms with Crippen molar-refractivity contribution in [2.75, 3.05) is 7.05 Å². The zero-order valence-corrected chi connectivity index (χ0v) is 15.1. The first-order valence-corrected chi connectivity index (χ1v) is 9.35. The van der Waals surface area contributed by atoms with E-state index in [2.05, 4.69) is 15.9 Å². The molecule has 2 aromatic carbocycles. The average Bonchev–Trinajstić information content (AvgIpc) is 2.97. The second kappa shape index (κ2) is 6.11. The molecule has 0 N–H and O–H groups in total. The number of para-hydroxylation sites is 1. The normalized spacial score (nSPS) is 13.6. The number of rotatable bonds is 4. The molecule has 0 saturated carbocycles. The highest BCUT2D eigenvalue weighted by molar-refractivity contribution is 9.10. The van der Waals surface area contributed by atoms with E-state index in [4.69, 9.17) is 4.42 Å². The van der Waals surface area contributed by atoms with Crippen LogP contribution in [0.25, 0.3) is 11.0 Å². The van der Waals surface area contributed by atoms with Crippen LogP contribution < -0.4 is 0 Å². The maximum absolute atomic E-state index is 12.8. The summed E-state index contributed by atoms with van der Waals surface area (Å²) in [4.78, 5) is 0.241. The van der Waals surface area contributed by atoms with Gasteiger partial charge in [0.15, 0.2) is 0 Å². The molecule has 0 amide bonds. The summed E-state index contributed by atoms with van der Waals surface area (Å²) in [6, 6.07) is 15.9. The van der Waals surface area contributed by atoms with Gasteiger partial charge in [-0.25, -0.2) is 8.42 Å². The van der Waals surface area contributed by atoms with E-state index in [1.54, 1.807) is 31.3 Å². The van der Waals surface area contributed by atoms with E-state index in [1.807, 2.05) is 37.3 Å². The molecule has 1 atom stereocenters. The van der Waals surface area contributed by atoms with Crippen LogP contribution in [0, 0.1) is 0 Å². The number of hydrogen-bond acceptors (Lipinski definition) is 3. The van der Waals surface area contributed by atoms with Crippen LogP contribution in [0.4, 0.5) is 0 Å². The van der Waals surface area contributed by atoms with Crippen LogP contribution >= 0.6 is 15.9 Å². The fraction of sp³-hybridized carbons (Fsp3) is 0.176. The summed E-state index contributed by atoms with van der Waals surface area (Å²) in [5.41, 5.74) is 0.751. The van der Waals surface area contributed by atoms with Crippen LogP contribution in [0.3, 0.4) is 0 Å². The molecule has 4 nitrogen and oxygen atoms in total. The van der Waals surface area contributed by atoms with Crippen LogP contribution in [-0.4, -0.2) is 19.8 Å². The molecule has 0 aliphatic carbocycles. The molecule has 23 heavy (non-hydrogen) atoms. The Hall–Kier alpha value is -1.63. The zero-order chi connectivity index (χ0) is 16.6. The van der Waals surface area contributed by atoms with Crippen molar-refractivity contribution in [1.29, 1.82) is 0 Å². The lowest BCUT2D eigenvalue weighted by molar-refractivity contribution is 0.348. The highest BCUT2D eigenvalue weighted by Gasteiger charge is 2.29. The van der Waals surface area contributed by atoms with Gasteiger partial charge >= 0.3 is 0 Å². The quantitative estimate of drug-likeness (QED) is 0.651.